The molecule has 0 unspecified atom stereocenters. The molecule has 0 spiro atoms. The summed E-state index contributed by atoms with van der Waals surface area (Å²) in [6.45, 7) is 9.41. The van der Waals surface area contributed by atoms with Gasteiger partial charge in [0.25, 0.3) is 0 Å². The van der Waals surface area contributed by atoms with Crippen molar-refractivity contribution in [2.75, 3.05) is 0 Å². The molecule has 112 valence electrons. The van der Waals surface area contributed by atoms with Crippen LogP contribution in [-0.2, 0) is 16.1 Å². The Bertz CT molecular complexity index is 489. The number of aromatic hydroxyl groups is 1. The van der Waals surface area contributed by atoms with E-state index in [2.05, 4.69) is 15.9 Å². The van der Waals surface area contributed by atoms with E-state index < -0.39 is 11.6 Å². The maximum absolute atomic E-state index is 12.2. The van der Waals surface area contributed by atoms with Gasteiger partial charge in [0.05, 0.1) is 17.2 Å². The van der Waals surface area contributed by atoms with Gasteiger partial charge in [-0.2, -0.15) is 0 Å². The Morgan fingerprint density at radius 1 is 1.35 bits per heavy atom. The SMILES string of the molecule is CC(C)OCc1ccc(Br)c(O)c1C(=O)OC(C)(C)C. The first kappa shape index (κ1) is 17.0. The van der Waals surface area contributed by atoms with Gasteiger partial charge in [-0.25, -0.2) is 4.79 Å². The largest absolute Gasteiger partial charge is 0.506 e. The fourth-order valence-electron chi connectivity index (χ4n) is 1.54. The maximum atomic E-state index is 12.2. The van der Waals surface area contributed by atoms with Crippen molar-refractivity contribution in [3.63, 3.8) is 0 Å². The molecule has 0 atom stereocenters. The molecule has 0 fully saturated rings. The van der Waals surface area contributed by atoms with E-state index in [4.69, 9.17) is 9.47 Å². The zero-order valence-corrected chi connectivity index (χ0v) is 14.1. The van der Waals surface area contributed by atoms with Gasteiger partial charge in [-0.05, 0) is 62.2 Å². The highest BCUT2D eigenvalue weighted by Crippen LogP contribution is 2.32. The van der Waals surface area contributed by atoms with Gasteiger partial charge in [0.1, 0.15) is 16.9 Å². The molecule has 4 nitrogen and oxygen atoms in total. The summed E-state index contributed by atoms with van der Waals surface area (Å²) >= 11 is 3.21. The van der Waals surface area contributed by atoms with Crippen molar-refractivity contribution in [2.45, 2.75) is 52.9 Å². The molecule has 1 N–H and O–H groups in total. The highest BCUT2D eigenvalue weighted by atomic mass is 79.9. The van der Waals surface area contributed by atoms with E-state index in [-0.39, 0.29) is 24.0 Å². The Labute approximate surface area is 128 Å². The van der Waals surface area contributed by atoms with E-state index in [9.17, 15) is 9.90 Å². The number of ether oxygens (including phenoxy) is 2. The van der Waals surface area contributed by atoms with Crippen LogP contribution in [-0.4, -0.2) is 22.8 Å². The molecule has 0 bridgehead atoms. The monoisotopic (exact) mass is 344 g/mol. The molecular formula is C15H21BrO4. The number of esters is 1. The lowest BCUT2D eigenvalue weighted by Crippen LogP contribution is -2.25. The summed E-state index contributed by atoms with van der Waals surface area (Å²) in [4.78, 5) is 12.2. The van der Waals surface area contributed by atoms with E-state index in [1.165, 1.54) is 0 Å². The Morgan fingerprint density at radius 3 is 2.45 bits per heavy atom. The van der Waals surface area contributed by atoms with E-state index in [1.807, 2.05) is 13.8 Å². The molecule has 0 saturated heterocycles. The highest BCUT2D eigenvalue weighted by Gasteiger charge is 2.24. The number of phenols is 1. The highest BCUT2D eigenvalue weighted by molar-refractivity contribution is 9.10. The lowest BCUT2D eigenvalue weighted by Gasteiger charge is -2.21. The summed E-state index contributed by atoms with van der Waals surface area (Å²) in [6, 6.07) is 3.42. The molecule has 1 aromatic rings. The van der Waals surface area contributed by atoms with Crippen molar-refractivity contribution < 1.29 is 19.4 Å². The molecule has 0 aliphatic carbocycles. The zero-order chi connectivity index (χ0) is 15.5. The maximum Gasteiger partial charge on any atom is 0.342 e. The minimum atomic E-state index is -0.623. The fraction of sp³-hybridized carbons (Fsp3) is 0.533. The van der Waals surface area contributed by atoms with E-state index in [0.29, 0.717) is 10.0 Å². The molecule has 0 aliphatic rings. The number of carbonyl (C=O) groups excluding carboxylic acids is 1. The third-order valence-electron chi connectivity index (χ3n) is 2.39. The van der Waals surface area contributed by atoms with Crippen LogP contribution in [0.1, 0.15) is 50.5 Å². The Kier molecular flexibility index (Phi) is 5.59. The molecule has 5 heteroatoms. The van der Waals surface area contributed by atoms with Crippen molar-refractivity contribution in [1.29, 1.82) is 0 Å². The smallest absolute Gasteiger partial charge is 0.342 e. The minimum absolute atomic E-state index is 0.0345. The van der Waals surface area contributed by atoms with Crippen molar-refractivity contribution in [3.05, 3.63) is 27.7 Å². The van der Waals surface area contributed by atoms with Crippen LogP contribution in [0.3, 0.4) is 0 Å². The summed E-state index contributed by atoms with van der Waals surface area (Å²) in [7, 11) is 0. The van der Waals surface area contributed by atoms with Crippen molar-refractivity contribution in [2.24, 2.45) is 0 Å². The van der Waals surface area contributed by atoms with Crippen LogP contribution in [0.4, 0.5) is 0 Å². The standard InChI is InChI=1S/C15H21BrO4/c1-9(2)19-8-10-6-7-11(16)13(17)12(10)14(18)20-15(3,4)5/h6-7,9,17H,8H2,1-5H3. The fourth-order valence-corrected chi connectivity index (χ4v) is 1.87. The first-order valence-electron chi connectivity index (χ1n) is 6.47. The third kappa shape index (κ3) is 4.80. The third-order valence-corrected chi connectivity index (χ3v) is 3.03. The van der Waals surface area contributed by atoms with E-state index in [1.54, 1.807) is 32.9 Å². The molecular weight excluding hydrogens is 324 g/mol. The van der Waals surface area contributed by atoms with Crippen LogP contribution in [0.25, 0.3) is 0 Å². The Morgan fingerprint density at radius 2 is 1.95 bits per heavy atom. The normalized spacial score (nSPS) is 11.8. The first-order chi connectivity index (χ1) is 9.11. The Hall–Kier alpha value is -1.07. The van der Waals surface area contributed by atoms with Gasteiger partial charge < -0.3 is 14.6 Å². The van der Waals surface area contributed by atoms with Crippen LogP contribution in [0, 0.1) is 0 Å². The number of benzene rings is 1. The topological polar surface area (TPSA) is 55.8 Å². The van der Waals surface area contributed by atoms with Gasteiger partial charge in [-0.15, -0.1) is 0 Å². The number of carbonyl (C=O) groups is 1. The molecule has 0 amide bonds. The van der Waals surface area contributed by atoms with Crippen LogP contribution in [0.5, 0.6) is 5.75 Å². The summed E-state index contributed by atoms with van der Waals surface area (Å²) in [5.41, 5.74) is 0.130. The first-order valence-corrected chi connectivity index (χ1v) is 7.26. The molecule has 1 rings (SSSR count). The molecule has 20 heavy (non-hydrogen) atoms. The van der Waals surface area contributed by atoms with E-state index in [0.717, 1.165) is 0 Å². The second kappa shape index (κ2) is 6.59. The quantitative estimate of drug-likeness (QED) is 0.837. The Balaban J connectivity index is 3.13. The average Bonchev–Trinajstić information content (AvgIpc) is 2.27. The molecule has 0 aliphatic heterocycles. The predicted octanol–water partition coefficient (Wildman–Crippen LogP) is 4.04. The van der Waals surface area contributed by atoms with Gasteiger partial charge in [-0.1, -0.05) is 6.07 Å². The molecule has 0 aromatic heterocycles. The molecule has 0 saturated carbocycles. The summed E-state index contributed by atoms with van der Waals surface area (Å²) < 4.78 is 11.3. The number of halogens is 1. The number of phenolic OH excluding ortho intramolecular Hbond substituents is 1. The average molecular weight is 345 g/mol. The number of hydrogen-bond donors (Lipinski definition) is 1. The number of hydrogen-bond acceptors (Lipinski definition) is 4. The van der Waals surface area contributed by atoms with Crippen LogP contribution in [0.2, 0.25) is 0 Å². The second-order valence-corrected chi connectivity index (χ2v) is 6.65. The van der Waals surface area contributed by atoms with Gasteiger partial charge in [0, 0.05) is 0 Å². The lowest BCUT2D eigenvalue weighted by atomic mass is 10.1. The van der Waals surface area contributed by atoms with Crippen LogP contribution >= 0.6 is 15.9 Å². The van der Waals surface area contributed by atoms with Gasteiger partial charge in [-0.3, -0.25) is 0 Å². The zero-order valence-electron chi connectivity index (χ0n) is 12.5. The summed E-state index contributed by atoms with van der Waals surface area (Å²) in [5, 5.41) is 10.1. The second-order valence-electron chi connectivity index (χ2n) is 5.79. The van der Waals surface area contributed by atoms with Gasteiger partial charge >= 0.3 is 5.97 Å². The lowest BCUT2D eigenvalue weighted by molar-refractivity contribution is 0.00577. The predicted molar refractivity (Wildman–Crippen MR) is 80.9 cm³/mol. The van der Waals surface area contributed by atoms with Crippen LogP contribution in [0.15, 0.2) is 16.6 Å². The summed E-state index contributed by atoms with van der Waals surface area (Å²) in [6.07, 6.45) is 0.0345. The van der Waals surface area contributed by atoms with E-state index >= 15 is 0 Å². The minimum Gasteiger partial charge on any atom is -0.506 e. The van der Waals surface area contributed by atoms with Crippen molar-refractivity contribution in [3.8, 4) is 5.75 Å². The van der Waals surface area contributed by atoms with Gasteiger partial charge in [0.2, 0.25) is 0 Å². The molecule has 0 radical (unpaired) electrons. The van der Waals surface area contributed by atoms with Gasteiger partial charge in [0.15, 0.2) is 0 Å². The molecule has 1 aromatic carbocycles. The molecule has 0 heterocycles. The van der Waals surface area contributed by atoms with Crippen LogP contribution < -0.4 is 0 Å². The number of rotatable bonds is 4. The summed E-state index contributed by atoms with van der Waals surface area (Å²) in [5.74, 6) is -0.678. The van der Waals surface area contributed by atoms with Crippen molar-refractivity contribution >= 4 is 21.9 Å². The van der Waals surface area contributed by atoms with Crippen molar-refractivity contribution in [1.82, 2.24) is 0 Å².